The normalized spacial score (nSPS) is 15.7. The van der Waals surface area contributed by atoms with Crippen molar-refractivity contribution in [2.24, 2.45) is 5.92 Å². The first-order valence-electron chi connectivity index (χ1n) is 11.6. The predicted octanol–water partition coefficient (Wildman–Crippen LogP) is 4.51. The van der Waals surface area contributed by atoms with Crippen molar-refractivity contribution in [1.29, 1.82) is 0 Å². The third-order valence-electron chi connectivity index (χ3n) is 6.58. The SMILES string of the molecule is Cc1cc2nc(C)c(Cc3ccccc3OC(F)F)n2cc1-c1cnc(N2CC[C@H](C(=O)O)C2)nc1. The highest BCUT2D eigenvalue weighted by Gasteiger charge is 2.29. The van der Waals surface area contributed by atoms with Gasteiger partial charge in [0.25, 0.3) is 0 Å². The summed E-state index contributed by atoms with van der Waals surface area (Å²) >= 11 is 0. The lowest BCUT2D eigenvalue weighted by Gasteiger charge is -2.16. The van der Waals surface area contributed by atoms with Crippen LogP contribution in [0.4, 0.5) is 14.7 Å². The molecule has 10 heteroatoms. The minimum Gasteiger partial charge on any atom is -0.481 e. The van der Waals surface area contributed by atoms with Gasteiger partial charge in [0.05, 0.1) is 11.6 Å². The fraction of sp³-hybridized carbons (Fsp3) is 0.308. The number of halogens is 2. The van der Waals surface area contributed by atoms with Crippen LogP contribution < -0.4 is 9.64 Å². The van der Waals surface area contributed by atoms with E-state index >= 15 is 0 Å². The number of rotatable bonds is 7. The average molecular weight is 494 g/mol. The number of imidazole rings is 1. The van der Waals surface area contributed by atoms with Crippen LogP contribution >= 0.6 is 0 Å². The number of pyridine rings is 1. The number of hydrogen-bond acceptors (Lipinski definition) is 6. The Morgan fingerprint density at radius 3 is 2.67 bits per heavy atom. The van der Waals surface area contributed by atoms with Gasteiger partial charge in [0.15, 0.2) is 0 Å². The second-order valence-electron chi connectivity index (χ2n) is 8.95. The molecule has 0 aliphatic carbocycles. The number of nitrogens with zero attached hydrogens (tertiary/aromatic N) is 5. The maximum Gasteiger partial charge on any atom is 0.387 e. The number of carbonyl (C=O) groups is 1. The van der Waals surface area contributed by atoms with E-state index < -0.39 is 18.5 Å². The fourth-order valence-electron chi connectivity index (χ4n) is 4.67. The largest absolute Gasteiger partial charge is 0.481 e. The third kappa shape index (κ3) is 4.58. The molecule has 0 bridgehead atoms. The molecule has 0 radical (unpaired) electrons. The summed E-state index contributed by atoms with van der Waals surface area (Å²) in [7, 11) is 0. The lowest BCUT2D eigenvalue weighted by molar-refractivity contribution is -0.140. The second kappa shape index (κ2) is 9.52. The molecule has 4 heterocycles. The predicted molar refractivity (Wildman–Crippen MR) is 130 cm³/mol. The molecule has 5 rings (SSSR count). The summed E-state index contributed by atoms with van der Waals surface area (Å²) in [6, 6.07) is 8.73. The number of aromatic nitrogens is 4. The van der Waals surface area contributed by atoms with Crippen LogP contribution in [-0.4, -0.2) is 50.1 Å². The number of hydrogen-bond donors (Lipinski definition) is 1. The summed E-state index contributed by atoms with van der Waals surface area (Å²) in [5.41, 5.74) is 5.77. The van der Waals surface area contributed by atoms with Crippen LogP contribution in [-0.2, 0) is 11.2 Å². The lowest BCUT2D eigenvalue weighted by atomic mass is 10.1. The van der Waals surface area contributed by atoms with Crippen molar-refractivity contribution in [2.75, 3.05) is 18.0 Å². The molecular formula is C26H25F2N5O3. The number of ether oxygens (including phenoxy) is 1. The van der Waals surface area contributed by atoms with Crippen molar-refractivity contribution < 1.29 is 23.4 Å². The Bertz CT molecular complexity index is 1420. The quantitative estimate of drug-likeness (QED) is 0.405. The molecule has 186 valence electrons. The molecule has 1 atom stereocenters. The van der Waals surface area contributed by atoms with Gasteiger partial charge in [0.1, 0.15) is 11.4 Å². The maximum atomic E-state index is 12.9. The molecule has 1 aliphatic rings. The zero-order valence-corrected chi connectivity index (χ0v) is 19.9. The van der Waals surface area contributed by atoms with Gasteiger partial charge in [-0.25, -0.2) is 15.0 Å². The maximum absolute atomic E-state index is 12.9. The molecule has 0 saturated carbocycles. The van der Waals surface area contributed by atoms with Gasteiger partial charge in [-0.05, 0) is 38.0 Å². The highest BCUT2D eigenvalue weighted by atomic mass is 19.3. The van der Waals surface area contributed by atoms with Crippen molar-refractivity contribution >= 4 is 17.6 Å². The molecule has 1 aromatic carbocycles. The fourth-order valence-corrected chi connectivity index (χ4v) is 4.67. The Balaban J connectivity index is 1.47. The first-order chi connectivity index (χ1) is 17.3. The summed E-state index contributed by atoms with van der Waals surface area (Å²) < 4.78 is 32.5. The highest BCUT2D eigenvalue weighted by molar-refractivity contribution is 5.72. The number of aryl methyl sites for hydroxylation is 2. The molecule has 0 amide bonds. The van der Waals surface area contributed by atoms with E-state index in [0.29, 0.717) is 37.4 Å². The van der Waals surface area contributed by atoms with E-state index in [1.165, 1.54) is 6.07 Å². The Kier molecular flexibility index (Phi) is 6.26. The number of benzene rings is 1. The Morgan fingerprint density at radius 1 is 1.22 bits per heavy atom. The van der Waals surface area contributed by atoms with Crippen LogP contribution in [0.25, 0.3) is 16.8 Å². The zero-order valence-electron chi connectivity index (χ0n) is 19.9. The van der Waals surface area contributed by atoms with Crippen LogP contribution in [0.1, 0.15) is 28.9 Å². The van der Waals surface area contributed by atoms with Gasteiger partial charge in [-0.2, -0.15) is 8.78 Å². The number of anilines is 1. The van der Waals surface area contributed by atoms with Crippen LogP contribution in [0, 0.1) is 19.8 Å². The highest BCUT2D eigenvalue weighted by Crippen LogP contribution is 2.29. The summed E-state index contributed by atoms with van der Waals surface area (Å²) in [5.74, 6) is -0.550. The van der Waals surface area contributed by atoms with Crippen LogP contribution in [0.3, 0.4) is 0 Å². The molecule has 1 N–H and O–H groups in total. The molecule has 8 nitrogen and oxygen atoms in total. The third-order valence-corrected chi connectivity index (χ3v) is 6.58. The Hall–Kier alpha value is -4.08. The average Bonchev–Trinajstić information content (AvgIpc) is 3.45. The zero-order chi connectivity index (χ0) is 25.4. The van der Waals surface area contributed by atoms with Crippen LogP contribution in [0.5, 0.6) is 5.75 Å². The van der Waals surface area contributed by atoms with Crippen molar-refractivity contribution in [2.45, 2.75) is 33.3 Å². The van der Waals surface area contributed by atoms with E-state index in [1.807, 2.05) is 35.4 Å². The molecule has 1 aliphatic heterocycles. The summed E-state index contributed by atoms with van der Waals surface area (Å²) in [6.07, 6.45) is 6.38. The van der Waals surface area contributed by atoms with E-state index in [1.54, 1.807) is 30.6 Å². The lowest BCUT2D eigenvalue weighted by Crippen LogP contribution is -2.24. The molecular weight excluding hydrogens is 468 g/mol. The molecule has 0 spiro atoms. The minimum atomic E-state index is -2.90. The van der Waals surface area contributed by atoms with Gasteiger partial charge >= 0.3 is 12.6 Å². The van der Waals surface area contributed by atoms with Gasteiger partial charge < -0.3 is 19.1 Å². The number of carboxylic acids is 1. The van der Waals surface area contributed by atoms with Gasteiger partial charge in [0.2, 0.25) is 5.95 Å². The van der Waals surface area contributed by atoms with Crippen molar-refractivity contribution in [3.05, 3.63) is 71.4 Å². The Labute approximate surface area is 206 Å². The summed E-state index contributed by atoms with van der Waals surface area (Å²) in [5, 5.41) is 9.24. The van der Waals surface area contributed by atoms with Crippen molar-refractivity contribution in [1.82, 2.24) is 19.4 Å². The molecule has 1 saturated heterocycles. The van der Waals surface area contributed by atoms with E-state index in [9.17, 15) is 18.7 Å². The standard InChI is InChI=1S/C26H25F2N5O3/c1-15-9-23-31-16(2)21(10-17-5-3-4-6-22(17)36-25(27)28)33(23)14-20(15)19-11-29-26(30-12-19)32-8-7-18(13-32)24(34)35/h3-6,9,11-12,14,18,25H,7-8,10,13H2,1-2H3,(H,34,35)/t18-/m0/s1. The van der Waals surface area contributed by atoms with Crippen LogP contribution in [0.2, 0.25) is 0 Å². The molecule has 4 aromatic rings. The number of carboxylic acid groups (broad SMARTS) is 1. The summed E-state index contributed by atoms with van der Waals surface area (Å²) in [4.78, 5) is 26.8. The number of para-hydroxylation sites is 1. The first-order valence-corrected chi connectivity index (χ1v) is 11.6. The molecule has 0 unspecified atom stereocenters. The number of aliphatic carboxylic acids is 1. The topological polar surface area (TPSA) is 92.9 Å². The van der Waals surface area contributed by atoms with E-state index in [0.717, 1.165) is 33.7 Å². The second-order valence-corrected chi connectivity index (χ2v) is 8.95. The Morgan fingerprint density at radius 2 is 1.97 bits per heavy atom. The van der Waals surface area contributed by atoms with E-state index in [-0.39, 0.29) is 5.75 Å². The van der Waals surface area contributed by atoms with Gasteiger partial charge in [-0.15, -0.1) is 0 Å². The number of fused-ring (bicyclic) bond motifs is 1. The summed E-state index contributed by atoms with van der Waals surface area (Å²) in [6.45, 7) is 1.98. The monoisotopic (exact) mass is 493 g/mol. The minimum absolute atomic E-state index is 0.144. The van der Waals surface area contributed by atoms with Crippen molar-refractivity contribution in [3.8, 4) is 16.9 Å². The van der Waals surface area contributed by atoms with Crippen molar-refractivity contribution in [3.63, 3.8) is 0 Å². The smallest absolute Gasteiger partial charge is 0.387 e. The molecule has 36 heavy (non-hydrogen) atoms. The first kappa shape index (κ1) is 23.7. The molecule has 3 aromatic heterocycles. The van der Waals surface area contributed by atoms with Gasteiger partial charge in [0, 0.05) is 60.5 Å². The molecule has 1 fully saturated rings. The van der Waals surface area contributed by atoms with Gasteiger partial charge in [-0.3, -0.25) is 4.79 Å². The van der Waals surface area contributed by atoms with Crippen LogP contribution in [0.15, 0.2) is 48.9 Å². The number of alkyl halides is 2. The van der Waals surface area contributed by atoms with E-state index in [4.69, 9.17) is 4.74 Å². The van der Waals surface area contributed by atoms with Gasteiger partial charge in [-0.1, -0.05) is 18.2 Å². The van der Waals surface area contributed by atoms with E-state index in [2.05, 4.69) is 15.0 Å².